The van der Waals surface area contributed by atoms with E-state index in [1.54, 1.807) is 0 Å². The Bertz CT molecular complexity index is 791. The second-order valence-corrected chi connectivity index (χ2v) is 8.32. The van der Waals surface area contributed by atoms with Crippen LogP contribution >= 0.6 is 0 Å². The van der Waals surface area contributed by atoms with Gasteiger partial charge in [-0.15, -0.1) is 0 Å². The van der Waals surface area contributed by atoms with Gasteiger partial charge < -0.3 is 14.6 Å². The van der Waals surface area contributed by atoms with E-state index in [4.69, 9.17) is 4.74 Å². The highest BCUT2D eigenvalue weighted by atomic mass is 32.2. The second-order valence-electron chi connectivity index (χ2n) is 6.30. The zero-order valence-corrected chi connectivity index (χ0v) is 17.3. The lowest BCUT2D eigenvalue weighted by atomic mass is 10.3. The highest BCUT2D eigenvalue weighted by Crippen LogP contribution is 2.31. The molecule has 0 spiro atoms. The van der Waals surface area contributed by atoms with Crippen molar-refractivity contribution in [1.29, 1.82) is 0 Å². The summed E-state index contributed by atoms with van der Waals surface area (Å²) in [5.41, 5.74) is 0. The summed E-state index contributed by atoms with van der Waals surface area (Å²) in [7, 11) is -0.0911. The van der Waals surface area contributed by atoms with Gasteiger partial charge in [0.1, 0.15) is 5.75 Å². The molecule has 0 atom stereocenters. The Balaban J connectivity index is 0.000000500. The third-order valence-corrected chi connectivity index (χ3v) is 5.91. The fraction of sp³-hybridized carbons (Fsp3) is 0.208. The van der Waals surface area contributed by atoms with Gasteiger partial charge in [0.15, 0.2) is 14.7 Å². The molecule has 146 valence electrons. The molecular weight excluding hydrogens is 368 g/mol. The minimum absolute atomic E-state index is 0.0911. The first-order valence-electron chi connectivity index (χ1n) is 9.32. The molecule has 0 amide bonds. The lowest BCUT2D eigenvalue weighted by Crippen LogP contribution is -2.19. The van der Waals surface area contributed by atoms with Crippen LogP contribution in [0.1, 0.15) is 27.2 Å². The lowest BCUT2D eigenvalue weighted by molar-refractivity contribution is -0.305. The first-order valence-corrected chi connectivity index (χ1v) is 10.5. The van der Waals surface area contributed by atoms with Gasteiger partial charge in [-0.25, -0.2) is 0 Å². The molecule has 3 rings (SSSR count). The molecule has 0 bridgehead atoms. The van der Waals surface area contributed by atoms with Gasteiger partial charge in [0.2, 0.25) is 0 Å². The number of rotatable bonds is 6. The van der Waals surface area contributed by atoms with Gasteiger partial charge in [-0.2, -0.15) is 0 Å². The number of benzene rings is 3. The van der Waals surface area contributed by atoms with E-state index >= 15 is 0 Å². The standard InChI is InChI=1S/C21H21OS.C3H6O2/c1-17(2)22-18-13-15-21(16-14-18)23(19-9-5-3-6-10-19)20-11-7-4-8-12-20;1-2-3(4)5/h3-17H,1-2H3;2H2,1H3,(H,4,5)/q+1;/p-1. The molecule has 0 heterocycles. The molecule has 0 aliphatic heterocycles. The number of carboxylic acids is 1. The Kier molecular flexibility index (Phi) is 8.63. The van der Waals surface area contributed by atoms with E-state index in [2.05, 4.69) is 84.9 Å². The molecule has 0 saturated heterocycles. The Morgan fingerprint density at radius 2 is 1.21 bits per heavy atom. The molecule has 4 heteroatoms. The maximum absolute atomic E-state index is 9.26. The van der Waals surface area contributed by atoms with Crippen molar-refractivity contribution in [1.82, 2.24) is 0 Å². The predicted octanol–water partition coefficient (Wildman–Crippen LogP) is 4.72. The van der Waals surface area contributed by atoms with Crippen LogP contribution in [0.25, 0.3) is 0 Å². The molecule has 3 aromatic carbocycles. The topological polar surface area (TPSA) is 49.4 Å². The zero-order valence-electron chi connectivity index (χ0n) is 16.5. The predicted molar refractivity (Wildman–Crippen MR) is 113 cm³/mol. The maximum Gasteiger partial charge on any atom is 0.166 e. The summed E-state index contributed by atoms with van der Waals surface area (Å²) < 4.78 is 5.76. The van der Waals surface area contributed by atoms with E-state index in [0.29, 0.717) is 0 Å². The number of carbonyl (C=O) groups is 1. The molecular formula is C24H26O3S. The van der Waals surface area contributed by atoms with Crippen molar-refractivity contribution in [2.45, 2.75) is 48.0 Å². The van der Waals surface area contributed by atoms with E-state index in [-0.39, 0.29) is 23.4 Å². The van der Waals surface area contributed by atoms with Gasteiger partial charge in [-0.3, -0.25) is 0 Å². The molecule has 0 N–H and O–H groups in total. The molecule has 3 nitrogen and oxygen atoms in total. The third-order valence-electron chi connectivity index (χ3n) is 3.68. The SMILES string of the molecule is CC(C)Oc1ccc([S+](c2ccccc2)c2ccccc2)cc1.CCC(=O)[O-]. The Labute approximate surface area is 170 Å². The fourth-order valence-corrected chi connectivity index (χ4v) is 4.53. The minimum atomic E-state index is -0.995. The Morgan fingerprint density at radius 3 is 1.57 bits per heavy atom. The van der Waals surface area contributed by atoms with Crippen molar-refractivity contribution in [3.8, 4) is 5.75 Å². The maximum atomic E-state index is 9.26. The molecule has 0 aliphatic carbocycles. The van der Waals surface area contributed by atoms with E-state index in [1.165, 1.54) is 21.6 Å². The number of ether oxygens (including phenoxy) is 1. The van der Waals surface area contributed by atoms with Crippen molar-refractivity contribution >= 4 is 16.9 Å². The summed E-state index contributed by atoms with van der Waals surface area (Å²) in [5, 5.41) is 9.26. The van der Waals surface area contributed by atoms with Crippen LogP contribution in [-0.2, 0) is 15.7 Å². The zero-order chi connectivity index (χ0) is 20.4. The van der Waals surface area contributed by atoms with Crippen molar-refractivity contribution < 1.29 is 14.6 Å². The fourth-order valence-electron chi connectivity index (χ4n) is 2.45. The van der Waals surface area contributed by atoms with E-state index in [1.807, 2.05) is 13.8 Å². The first-order chi connectivity index (χ1) is 13.5. The molecule has 0 radical (unpaired) electrons. The van der Waals surface area contributed by atoms with Crippen LogP contribution < -0.4 is 9.84 Å². The lowest BCUT2D eigenvalue weighted by Gasteiger charge is -2.11. The van der Waals surface area contributed by atoms with Gasteiger partial charge in [0.05, 0.1) is 17.0 Å². The van der Waals surface area contributed by atoms with Gasteiger partial charge in [0.25, 0.3) is 0 Å². The van der Waals surface area contributed by atoms with Crippen LogP contribution in [0.3, 0.4) is 0 Å². The molecule has 3 aromatic rings. The largest absolute Gasteiger partial charge is 0.550 e. The van der Waals surface area contributed by atoms with Gasteiger partial charge in [-0.05, 0) is 68.8 Å². The first kappa shape index (κ1) is 21.6. The molecule has 0 saturated carbocycles. The summed E-state index contributed by atoms with van der Waals surface area (Å²) in [6, 6.07) is 29.9. The molecule has 0 aromatic heterocycles. The summed E-state index contributed by atoms with van der Waals surface area (Å²) in [4.78, 5) is 13.2. The van der Waals surface area contributed by atoms with E-state index < -0.39 is 5.97 Å². The highest BCUT2D eigenvalue weighted by molar-refractivity contribution is 7.97. The second kappa shape index (κ2) is 11.2. The monoisotopic (exact) mass is 394 g/mol. The summed E-state index contributed by atoms with van der Waals surface area (Å²) in [5.74, 6) is -0.0709. The molecule has 28 heavy (non-hydrogen) atoms. The highest BCUT2D eigenvalue weighted by Gasteiger charge is 2.28. The molecule has 0 unspecified atom stereocenters. The molecule has 0 fully saturated rings. The minimum Gasteiger partial charge on any atom is -0.550 e. The van der Waals surface area contributed by atoms with Crippen LogP contribution in [0, 0.1) is 0 Å². The van der Waals surface area contributed by atoms with Crippen molar-refractivity contribution in [2.24, 2.45) is 0 Å². The summed E-state index contributed by atoms with van der Waals surface area (Å²) in [6.45, 7) is 5.63. The smallest absolute Gasteiger partial charge is 0.166 e. The molecule has 0 aliphatic rings. The van der Waals surface area contributed by atoms with Crippen molar-refractivity contribution in [3.63, 3.8) is 0 Å². The van der Waals surface area contributed by atoms with E-state index in [9.17, 15) is 9.90 Å². The van der Waals surface area contributed by atoms with Crippen LogP contribution in [0.15, 0.2) is 99.6 Å². The third kappa shape index (κ3) is 6.78. The van der Waals surface area contributed by atoms with Gasteiger partial charge in [-0.1, -0.05) is 43.3 Å². The van der Waals surface area contributed by atoms with Crippen molar-refractivity contribution in [3.05, 3.63) is 84.9 Å². The summed E-state index contributed by atoms with van der Waals surface area (Å²) in [6.07, 6.45) is 0.308. The van der Waals surface area contributed by atoms with Crippen molar-refractivity contribution in [2.75, 3.05) is 0 Å². The quantitative estimate of drug-likeness (QED) is 0.569. The summed E-state index contributed by atoms with van der Waals surface area (Å²) >= 11 is 0. The number of hydrogen-bond donors (Lipinski definition) is 0. The number of aliphatic carboxylic acids is 1. The van der Waals surface area contributed by atoms with Crippen LogP contribution in [-0.4, -0.2) is 12.1 Å². The van der Waals surface area contributed by atoms with E-state index in [0.717, 1.165) is 5.75 Å². The number of carboxylic acid groups (broad SMARTS) is 1. The van der Waals surface area contributed by atoms with Crippen LogP contribution in [0.2, 0.25) is 0 Å². The Morgan fingerprint density at radius 1 is 0.821 bits per heavy atom. The number of carbonyl (C=O) groups excluding carboxylic acids is 1. The van der Waals surface area contributed by atoms with Gasteiger partial charge >= 0.3 is 0 Å². The average Bonchev–Trinajstić information content (AvgIpc) is 2.71. The van der Waals surface area contributed by atoms with Crippen LogP contribution in [0.5, 0.6) is 5.75 Å². The van der Waals surface area contributed by atoms with Crippen LogP contribution in [0.4, 0.5) is 0 Å². The normalized spacial score (nSPS) is 10.3. The Hall–Kier alpha value is -2.72. The average molecular weight is 395 g/mol. The van der Waals surface area contributed by atoms with Gasteiger partial charge in [0, 0.05) is 5.97 Å². The number of hydrogen-bond acceptors (Lipinski definition) is 3.